The van der Waals surface area contributed by atoms with Gasteiger partial charge in [0.15, 0.2) is 0 Å². The van der Waals surface area contributed by atoms with Gasteiger partial charge in [-0.2, -0.15) is 21.6 Å². The first-order valence-electron chi connectivity index (χ1n) is 7.70. The normalized spacial score (nSPS) is 21.1. The SMILES string of the molecule is CN1CNC2=CC(c3cccc(C(F)(F)F)c3)=CN(COS(C)(=O)=O)C21. The number of fused-ring (bicyclic) bond motifs is 1. The molecular formula is C16H18F3N3O3S. The average Bonchev–Trinajstić information content (AvgIpc) is 2.93. The van der Waals surface area contributed by atoms with Crippen molar-refractivity contribution < 1.29 is 25.8 Å². The van der Waals surface area contributed by atoms with E-state index in [4.69, 9.17) is 4.18 Å². The van der Waals surface area contributed by atoms with Gasteiger partial charge in [-0.05, 0) is 36.4 Å². The van der Waals surface area contributed by atoms with Crippen molar-refractivity contribution >= 4 is 15.7 Å². The molecule has 2 aliphatic heterocycles. The number of allylic oxidation sites excluding steroid dienone is 2. The fourth-order valence-electron chi connectivity index (χ4n) is 2.94. The van der Waals surface area contributed by atoms with Crippen molar-refractivity contribution in [2.45, 2.75) is 12.3 Å². The number of rotatable bonds is 4. The van der Waals surface area contributed by atoms with E-state index in [-0.39, 0.29) is 12.9 Å². The third kappa shape index (κ3) is 4.02. The third-order valence-corrected chi connectivity index (χ3v) is 4.63. The maximum Gasteiger partial charge on any atom is 0.416 e. The molecule has 0 radical (unpaired) electrons. The Balaban J connectivity index is 1.96. The Morgan fingerprint density at radius 3 is 2.73 bits per heavy atom. The van der Waals surface area contributed by atoms with Crippen LogP contribution < -0.4 is 5.32 Å². The summed E-state index contributed by atoms with van der Waals surface area (Å²) in [6.45, 7) is 0.283. The molecule has 0 aromatic heterocycles. The highest BCUT2D eigenvalue weighted by atomic mass is 32.2. The highest BCUT2D eigenvalue weighted by Gasteiger charge is 2.35. The maximum absolute atomic E-state index is 13.0. The number of alkyl halides is 3. The fourth-order valence-corrected chi connectivity index (χ4v) is 3.25. The summed E-state index contributed by atoms with van der Waals surface area (Å²) in [6.07, 6.45) is -0.390. The van der Waals surface area contributed by atoms with Crippen molar-refractivity contribution in [2.75, 3.05) is 26.7 Å². The van der Waals surface area contributed by atoms with Crippen LogP contribution in [-0.2, 0) is 20.5 Å². The molecule has 1 fully saturated rings. The van der Waals surface area contributed by atoms with Gasteiger partial charge in [0.05, 0.1) is 24.2 Å². The number of halogens is 3. The molecule has 0 aliphatic carbocycles. The second-order valence-electron chi connectivity index (χ2n) is 6.19. The first kappa shape index (κ1) is 18.7. The van der Waals surface area contributed by atoms with Crippen molar-refractivity contribution in [3.63, 3.8) is 0 Å². The van der Waals surface area contributed by atoms with Gasteiger partial charge in [0.2, 0.25) is 0 Å². The fraction of sp³-hybridized carbons (Fsp3) is 0.375. The summed E-state index contributed by atoms with van der Waals surface area (Å²) >= 11 is 0. The molecule has 2 heterocycles. The number of benzene rings is 1. The molecule has 1 aromatic carbocycles. The molecule has 10 heteroatoms. The van der Waals surface area contributed by atoms with E-state index in [2.05, 4.69) is 5.32 Å². The third-order valence-electron chi connectivity index (χ3n) is 4.10. The second kappa shape index (κ2) is 6.60. The summed E-state index contributed by atoms with van der Waals surface area (Å²) in [5, 5.41) is 3.16. The molecule has 1 unspecified atom stereocenters. The van der Waals surface area contributed by atoms with E-state index in [9.17, 15) is 21.6 Å². The lowest BCUT2D eigenvalue weighted by molar-refractivity contribution is -0.137. The lowest BCUT2D eigenvalue weighted by Crippen LogP contribution is -2.43. The number of likely N-dealkylation sites (N-methyl/N-ethyl adjacent to an activating group) is 1. The molecular weight excluding hydrogens is 371 g/mol. The van der Waals surface area contributed by atoms with Crippen LogP contribution in [0.1, 0.15) is 11.1 Å². The molecule has 1 N–H and O–H groups in total. The zero-order valence-corrected chi connectivity index (χ0v) is 14.9. The van der Waals surface area contributed by atoms with E-state index in [1.165, 1.54) is 6.07 Å². The van der Waals surface area contributed by atoms with E-state index in [1.807, 2.05) is 11.9 Å². The van der Waals surface area contributed by atoms with Crippen LogP contribution in [-0.4, -0.2) is 51.1 Å². The number of hydrogen-bond acceptors (Lipinski definition) is 6. The molecule has 3 rings (SSSR count). The van der Waals surface area contributed by atoms with E-state index < -0.39 is 21.9 Å². The van der Waals surface area contributed by atoms with Crippen molar-refractivity contribution in [1.29, 1.82) is 0 Å². The lowest BCUT2D eigenvalue weighted by Gasteiger charge is -2.34. The predicted octanol–water partition coefficient (Wildman–Crippen LogP) is 2.00. The Morgan fingerprint density at radius 1 is 1.35 bits per heavy atom. The molecule has 1 saturated heterocycles. The van der Waals surface area contributed by atoms with Gasteiger partial charge < -0.3 is 10.2 Å². The molecule has 142 valence electrons. The monoisotopic (exact) mass is 389 g/mol. The molecule has 1 atom stereocenters. The molecule has 2 aliphatic rings. The number of nitrogens with one attached hydrogen (secondary N) is 1. The van der Waals surface area contributed by atoms with Gasteiger partial charge in [-0.15, -0.1) is 0 Å². The first-order valence-corrected chi connectivity index (χ1v) is 9.51. The van der Waals surface area contributed by atoms with Gasteiger partial charge in [-0.1, -0.05) is 12.1 Å². The lowest BCUT2D eigenvalue weighted by atomic mass is 10.00. The van der Waals surface area contributed by atoms with Gasteiger partial charge >= 0.3 is 6.18 Å². The quantitative estimate of drug-likeness (QED) is 0.795. The van der Waals surface area contributed by atoms with E-state index in [1.54, 1.807) is 23.2 Å². The summed E-state index contributed by atoms with van der Waals surface area (Å²) in [5.41, 5.74) is 0.931. The highest BCUT2D eigenvalue weighted by Crippen LogP contribution is 2.34. The zero-order valence-electron chi connectivity index (χ0n) is 14.1. The highest BCUT2D eigenvalue weighted by molar-refractivity contribution is 7.85. The summed E-state index contributed by atoms with van der Waals surface area (Å²) < 4.78 is 66.4. The minimum Gasteiger partial charge on any atom is -0.373 e. The topological polar surface area (TPSA) is 61.9 Å². The maximum atomic E-state index is 13.0. The van der Waals surface area contributed by atoms with Crippen LogP contribution in [0.3, 0.4) is 0 Å². The Bertz CT molecular complexity index is 865. The molecule has 6 nitrogen and oxygen atoms in total. The van der Waals surface area contributed by atoms with Crippen molar-refractivity contribution in [2.24, 2.45) is 0 Å². The summed E-state index contributed by atoms with van der Waals surface area (Å²) in [4.78, 5) is 3.56. The van der Waals surface area contributed by atoms with Crippen LogP contribution in [0.4, 0.5) is 13.2 Å². The van der Waals surface area contributed by atoms with Gasteiger partial charge in [0.25, 0.3) is 10.1 Å². The minimum absolute atomic E-state index is 0.241. The molecule has 0 bridgehead atoms. The van der Waals surface area contributed by atoms with Crippen LogP contribution in [0.2, 0.25) is 0 Å². The van der Waals surface area contributed by atoms with Crippen LogP contribution in [0.5, 0.6) is 0 Å². The Kier molecular flexibility index (Phi) is 4.76. The molecule has 0 spiro atoms. The van der Waals surface area contributed by atoms with E-state index >= 15 is 0 Å². The Hall–Kier alpha value is -2.04. The predicted molar refractivity (Wildman–Crippen MR) is 89.7 cm³/mol. The molecule has 1 aromatic rings. The largest absolute Gasteiger partial charge is 0.416 e. The van der Waals surface area contributed by atoms with Gasteiger partial charge in [-0.3, -0.25) is 4.90 Å². The Labute approximate surface area is 149 Å². The van der Waals surface area contributed by atoms with Crippen LogP contribution in [0.25, 0.3) is 5.57 Å². The van der Waals surface area contributed by atoms with Crippen molar-refractivity contribution in [1.82, 2.24) is 15.1 Å². The molecule has 26 heavy (non-hydrogen) atoms. The molecule has 0 saturated carbocycles. The van der Waals surface area contributed by atoms with E-state index in [0.717, 1.165) is 24.1 Å². The van der Waals surface area contributed by atoms with Crippen LogP contribution in [0, 0.1) is 0 Å². The van der Waals surface area contributed by atoms with Crippen molar-refractivity contribution in [3.05, 3.63) is 53.4 Å². The summed E-state index contributed by atoms with van der Waals surface area (Å²) in [5.74, 6) is 0. The minimum atomic E-state index is -4.44. The number of hydrogen-bond donors (Lipinski definition) is 1. The van der Waals surface area contributed by atoms with E-state index in [0.29, 0.717) is 17.8 Å². The first-order chi connectivity index (χ1) is 12.0. The number of nitrogens with zero attached hydrogens (tertiary/aromatic N) is 2. The smallest absolute Gasteiger partial charge is 0.373 e. The molecule has 0 amide bonds. The van der Waals surface area contributed by atoms with Crippen LogP contribution >= 0.6 is 0 Å². The second-order valence-corrected chi connectivity index (χ2v) is 7.84. The van der Waals surface area contributed by atoms with Gasteiger partial charge in [0.1, 0.15) is 12.9 Å². The standard InChI is InChI=1S/C16H18F3N3O3S/c1-21-9-20-14-7-12(8-22(15(14)21)10-25-26(2,23)24)11-4-3-5-13(6-11)16(17,18)19/h3-8,15,20H,9-10H2,1-2H3. The van der Waals surface area contributed by atoms with Crippen LogP contribution in [0.15, 0.2) is 42.2 Å². The van der Waals surface area contributed by atoms with Crippen molar-refractivity contribution in [3.8, 4) is 0 Å². The summed E-state index contributed by atoms with van der Waals surface area (Å²) in [6, 6.07) is 4.99. The summed E-state index contributed by atoms with van der Waals surface area (Å²) in [7, 11) is -1.81. The van der Waals surface area contributed by atoms with Gasteiger partial charge in [-0.25, -0.2) is 4.18 Å². The average molecular weight is 389 g/mol. The van der Waals surface area contributed by atoms with Gasteiger partial charge in [0, 0.05) is 6.20 Å². The zero-order chi connectivity index (χ0) is 19.1. The Morgan fingerprint density at radius 2 is 2.08 bits per heavy atom.